The minimum atomic E-state index is -3.51. The van der Waals surface area contributed by atoms with Gasteiger partial charge in [-0.2, -0.15) is 9.40 Å². The number of likely N-dealkylation sites (N-methyl/N-ethyl adjacent to an activating group) is 1. The first kappa shape index (κ1) is 16.2. The molecule has 1 saturated carbocycles. The van der Waals surface area contributed by atoms with Gasteiger partial charge in [-0.15, -0.1) is 6.58 Å². The van der Waals surface area contributed by atoms with Crippen LogP contribution in [0.15, 0.2) is 17.6 Å². The largest absolute Gasteiger partial charge is 0.312 e. The van der Waals surface area contributed by atoms with Crippen LogP contribution in [-0.2, 0) is 16.6 Å². The highest BCUT2D eigenvalue weighted by Gasteiger charge is 2.28. The molecule has 0 bridgehead atoms. The number of aryl methyl sites for hydroxylation is 1. The number of hydrogen-bond donors (Lipinski definition) is 1. The van der Waals surface area contributed by atoms with Gasteiger partial charge in [-0.25, -0.2) is 8.42 Å². The van der Waals surface area contributed by atoms with E-state index in [9.17, 15) is 8.42 Å². The van der Waals surface area contributed by atoms with Crippen molar-refractivity contribution >= 4 is 10.0 Å². The monoisotopic (exact) mass is 312 g/mol. The summed E-state index contributed by atoms with van der Waals surface area (Å²) >= 11 is 0. The maximum atomic E-state index is 12.6. The van der Waals surface area contributed by atoms with Crippen molar-refractivity contribution in [2.45, 2.75) is 44.2 Å². The predicted molar refractivity (Wildman–Crippen MR) is 82.7 cm³/mol. The molecule has 0 aliphatic heterocycles. The lowest BCUT2D eigenvalue weighted by Crippen LogP contribution is -2.28. The first-order chi connectivity index (χ1) is 9.87. The Morgan fingerprint density at radius 3 is 2.71 bits per heavy atom. The summed E-state index contributed by atoms with van der Waals surface area (Å²) < 4.78 is 28.2. The van der Waals surface area contributed by atoms with Crippen molar-refractivity contribution in [3.63, 3.8) is 0 Å². The lowest BCUT2D eigenvalue weighted by Gasteiger charge is -2.15. The van der Waals surface area contributed by atoms with Gasteiger partial charge in [-0.3, -0.25) is 4.68 Å². The number of hydrogen-bond acceptors (Lipinski definition) is 4. The molecule has 7 heteroatoms. The zero-order valence-corrected chi connectivity index (χ0v) is 13.8. The Labute approximate surface area is 126 Å². The van der Waals surface area contributed by atoms with Crippen molar-refractivity contribution in [1.29, 1.82) is 0 Å². The molecular formula is C14H24N4O2S. The lowest BCUT2D eigenvalue weighted by molar-refractivity contribution is 0.497. The molecule has 1 aliphatic rings. The average molecular weight is 312 g/mol. The van der Waals surface area contributed by atoms with Crippen molar-refractivity contribution < 1.29 is 8.42 Å². The number of rotatable bonds is 8. The van der Waals surface area contributed by atoms with Crippen molar-refractivity contribution in [3.05, 3.63) is 24.0 Å². The molecule has 2 rings (SSSR count). The number of nitrogens with zero attached hydrogens (tertiary/aromatic N) is 3. The van der Waals surface area contributed by atoms with E-state index < -0.39 is 10.0 Å². The molecule has 1 aromatic heterocycles. The van der Waals surface area contributed by atoms with Gasteiger partial charge in [0.15, 0.2) is 0 Å². The Morgan fingerprint density at radius 1 is 1.48 bits per heavy atom. The van der Waals surface area contributed by atoms with E-state index in [1.165, 1.54) is 17.1 Å². The topological polar surface area (TPSA) is 67.2 Å². The zero-order chi connectivity index (χ0) is 15.6. The summed E-state index contributed by atoms with van der Waals surface area (Å²) in [4.78, 5) is 0.318. The second-order valence-corrected chi connectivity index (χ2v) is 7.51. The van der Waals surface area contributed by atoms with Crippen LogP contribution in [0.3, 0.4) is 0 Å². The summed E-state index contributed by atoms with van der Waals surface area (Å²) in [6, 6.07) is 0.642. The second kappa shape index (κ2) is 6.29. The van der Waals surface area contributed by atoms with Crippen LogP contribution in [-0.4, -0.2) is 48.7 Å². The molecule has 0 aromatic carbocycles. The number of nitrogens with one attached hydrogen (secondary N) is 1. The highest BCUT2D eigenvalue weighted by Crippen LogP contribution is 2.23. The van der Waals surface area contributed by atoms with Crippen LogP contribution in [0.4, 0.5) is 0 Å². The van der Waals surface area contributed by atoms with Crippen LogP contribution in [0, 0.1) is 13.8 Å². The van der Waals surface area contributed by atoms with Gasteiger partial charge in [0.1, 0.15) is 4.90 Å². The smallest absolute Gasteiger partial charge is 0.246 e. The minimum Gasteiger partial charge on any atom is -0.312 e. The van der Waals surface area contributed by atoms with E-state index in [1.54, 1.807) is 24.7 Å². The van der Waals surface area contributed by atoms with E-state index in [0.29, 0.717) is 28.9 Å². The van der Waals surface area contributed by atoms with Crippen LogP contribution in [0.1, 0.15) is 24.2 Å². The van der Waals surface area contributed by atoms with Crippen LogP contribution in [0.2, 0.25) is 0 Å². The van der Waals surface area contributed by atoms with Gasteiger partial charge in [0, 0.05) is 26.2 Å². The average Bonchev–Trinajstić information content (AvgIpc) is 3.16. The van der Waals surface area contributed by atoms with E-state index >= 15 is 0 Å². The molecule has 1 aliphatic carbocycles. The predicted octanol–water partition coefficient (Wildman–Crippen LogP) is 1.06. The summed E-state index contributed by atoms with van der Waals surface area (Å²) in [6.07, 6.45) is 4.05. The van der Waals surface area contributed by atoms with Crippen LogP contribution in [0.25, 0.3) is 0 Å². The molecule has 0 atom stereocenters. The van der Waals surface area contributed by atoms with E-state index in [4.69, 9.17) is 0 Å². The van der Waals surface area contributed by atoms with Gasteiger partial charge in [0.05, 0.1) is 17.9 Å². The number of sulfonamides is 1. The lowest BCUT2D eigenvalue weighted by atomic mass is 10.4. The Kier molecular flexibility index (Phi) is 4.85. The molecule has 1 N–H and O–H groups in total. The maximum Gasteiger partial charge on any atom is 0.246 e. The Hall–Kier alpha value is -1.18. The van der Waals surface area contributed by atoms with Crippen molar-refractivity contribution in [1.82, 2.24) is 19.4 Å². The Morgan fingerprint density at radius 2 is 2.14 bits per heavy atom. The highest BCUT2D eigenvalue weighted by molar-refractivity contribution is 7.89. The third-order valence-electron chi connectivity index (χ3n) is 3.70. The fourth-order valence-electron chi connectivity index (χ4n) is 2.37. The fourth-order valence-corrected chi connectivity index (χ4v) is 3.88. The molecule has 1 heterocycles. The van der Waals surface area contributed by atoms with E-state index in [0.717, 1.165) is 6.54 Å². The third-order valence-corrected chi connectivity index (χ3v) is 5.78. The Balaban J connectivity index is 2.18. The standard InChI is InChI=1S/C14H24N4O2S/c1-5-9-17(4)21(19,20)14-11(2)16-18(12(14)3)10-8-15-13-6-7-13/h5,13,15H,1,6-10H2,2-4H3. The Bertz CT molecular complexity index is 617. The molecule has 1 fully saturated rings. The summed E-state index contributed by atoms with van der Waals surface area (Å²) in [5.74, 6) is 0. The third kappa shape index (κ3) is 3.53. The van der Waals surface area contributed by atoms with Crippen LogP contribution < -0.4 is 5.32 Å². The fraction of sp³-hybridized carbons (Fsp3) is 0.643. The molecule has 118 valence electrons. The van der Waals surface area contributed by atoms with Gasteiger partial charge in [0.25, 0.3) is 0 Å². The van der Waals surface area contributed by atoms with Gasteiger partial charge in [-0.05, 0) is 26.7 Å². The van der Waals surface area contributed by atoms with Gasteiger partial charge in [0.2, 0.25) is 10.0 Å². The van der Waals surface area contributed by atoms with Crippen molar-refractivity contribution in [2.75, 3.05) is 20.1 Å². The van der Waals surface area contributed by atoms with Gasteiger partial charge < -0.3 is 5.32 Å². The second-order valence-electron chi connectivity index (χ2n) is 5.53. The molecule has 6 nitrogen and oxygen atoms in total. The molecule has 0 amide bonds. The van der Waals surface area contributed by atoms with E-state index in [2.05, 4.69) is 17.0 Å². The SMILES string of the molecule is C=CCN(C)S(=O)(=O)c1c(C)nn(CCNC2CC2)c1C. The maximum absolute atomic E-state index is 12.6. The first-order valence-electron chi connectivity index (χ1n) is 7.22. The molecule has 0 saturated heterocycles. The van der Waals surface area contributed by atoms with Crippen molar-refractivity contribution in [3.8, 4) is 0 Å². The van der Waals surface area contributed by atoms with Crippen molar-refractivity contribution in [2.24, 2.45) is 0 Å². The van der Waals surface area contributed by atoms with Gasteiger partial charge in [-0.1, -0.05) is 6.08 Å². The number of aromatic nitrogens is 2. The molecule has 0 spiro atoms. The summed E-state index contributed by atoms with van der Waals surface area (Å²) in [7, 11) is -1.95. The molecule has 0 unspecified atom stereocenters. The van der Waals surface area contributed by atoms with Gasteiger partial charge >= 0.3 is 0 Å². The van der Waals surface area contributed by atoms with E-state index in [1.807, 2.05) is 6.92 Å². The summed E-state index contributed by atoms with van der Waals surface area (Å²) in [5, 5.41) is 7.79. The molecular weight excluding hydrogens is 288 g/mol. The van der Waals surface area contributed by atoms with Crippen LogP contribution >= 0.6 is 0 Å². The molecule has 21 heavy (non-hydrogen) atoms. The molecule has 0 radical (unpaired) electrons. The minimum absolute atomic E-state index is 0.287. The first-order valence-corrected chi connectivity index (χ1v) is 8.66. The highest BCUT2D eigenvalue weighted by atomic mass is 32.2. The van der Waals surface area contributed by atoms with Crippen LogP contribution in [0.5, 0.6) is 0 Å². The normalized spacial score (nSPS) is 15.6. The van der Waals surface area contributed by atoms with E-state index in [-0.39, 0.29) is 6.54 Å². The zero-order valence-electron chi connectivity index (χ0n) is 13.0. The summed E-state index contributed by atoms with van der Waals surface area (Å²) in [6.45, 7) is 8.93. The summed E-state index contributed by atoms with van der Waals surface area (Å²) in [5.41, 5.74) is 1.25. The molecule has 1 aromatic rings. The quantitative estimate of drug-likeness (QED) is 0.729.